The van der Waals surface area contributed by atoms with Gasteiger partial charge in [0.1, 0.15) is 5.75 Å². The van der Waals surface area contributed by atoms with Crippen LogP contribution in [0.1, 0.15) is 18.5 Å². The lowest BCUT2D eigenvalue weighted by Gasteiger charge is -2.27. The van der Waals surface area contributed by atoms with Crippen molar-refractivity contribution in [1.82, 2.24) is 10.2 Å². The van der Waals surface area contributed by atoms with Crippen molar-refractivity contribution in [2.45, 2.75) is 13.0 Å². The lowest BCUT2D eigenvalue weighted by atomic mass is 10.1. The van der Waals surface area contributed by atoms with Crippen LogP contribution in [0.15, 0.2) is 24.3 Å². The van der Waals surface area contributed by atoms with Gasteiger partial charge in [-0.05, 0) is 24.6 Å². The zero-order valence-electron chi connectivity index (χ0n) is 10.9. The van der Waals surface area contributed by atoms with Gasteiger partial charge in [-0.15, -0.1) is 0 Å². The van der Waals surface area contributed by atoms with Gasteiger partial charge < -0.3 is 15.2 Å². The Morgan fingerprint density at radius 1 is 1.39 bits per heavy atom. The van der Waals surface area contributed by atoms with Crippen LogP contribution in [-0.4, -0.2) is 49.4 Å². The fourth-order valence-corrected chi connectivity index (χ4v) is 2.18. The van der Waals surface area contributed by atoms with E-state index in [9.17, 15) is 5.11 Å². The van der Waals surface area contributed by atoms with Gasteiger partial charge in [0, 0.05) is 32.2 Å². The summed E-state index contributed by atoms with van der Waals surface area (Å²) in [4.78, 5) is 2.41. The molecule has 1 saturated heterocycles. The number of nitrogens with zero attached hydrogens (tertiary/aromatic N) is 1. The van der Waals surface area contributed by atoms with Gasteiger partial charge in [0.15, 0.2) is 0 Å². The molecule has 1 aromatic carbocycles. The van der Waals surface area contributed by atoms with Crippen LogP contribution in [0.2, 0.25) is 0 Å². The van der Waals surface area contributed by atoms with E-state index in [2.05, 4.69) is 17.1 Å². The molecule has 0 radical (unpaired) electrons. The maximum Gasteiger partial charge on any atom is 0.115 e. The van der Waals surface area contributed by atoms with E-state index in [0.29, 0.717) is 5.75 Å². The minimum atomic E-state index is 0.262. The van der Waals surface area contributed by atoms with Crippen LogP contribution in [0.5, 0.6) is 5.75 Å². The summed E-state index contributed by atoms with van der Waals surface area (Å²) in [6.07, 6.45) is 0. The first-order valence-electron chi connectivity index (χ1n) is 6.58. The number of hydrogen-bond donors (Lipinski definition) is 2. The lowest BCUT2D eigenvalue weighted by Crippen LogP contribution is -2.40. The molecule has 1 fully saturated rings. The first-order chi connectivity index (χ1) is 8.75. The minimum absolute atomic E-state index is 0.262. The zero-order valence-corrected chi connectivity index (χ0v) is 10.9. The Kier molecular flexibility index (Phi) is 4.99. The SMILES string of the molecule is CC(NCCN1CCOCC1)c1cccc(O)c1. The Hall–Kier alpha value is -1.10. The van der Waals surface area contributed by atoms with E-state index in [1.165, 1.54) is 0 Å². The van der Waals surface area contributed by atoms with Crippen molar-refractivity contribution in [2.75, 3.05) is 39.4 Å². The molecule has 18 heavy (non-hydrogen) atoms. The van der Waals surface area contributed by atoms with Crippen molar-refractivity contribution >= 4 is 0 Å². The van der Waals surface area contributed by atoms with Gasteiger partial charge in [-0.2, -0.15) is 0 Å². The molecule has 1 unspecified atom stereocenters. The number of aromatic hydroxyl groups is 1. The van der Waals surface area contributed by atoms with E-state index in [-0.39, 0.29) is 6.04 Å². The highest BCUT2D eigenvalue weighted by molar-refractivity contribution is 5.28. The molecule has 0 spiro atoms. The fraction of sp³-hybridized carbons (Fsp3) is 0.571. The highest BCUT2D eigenvalue weighted by Crippen LogP contribution is 2.17. The summed E-state index contributed by atoms with van der Waals surface area (Å²) in [5.41, 5.74) is 1.12. The van der Waals surface area contributed by atoms with Gasteiger partial charge >= 0.3 is 0 Å². The monoisotopic (exact) mass is 250 g/mol. The van der Waals surface area contributed by atoms with Crippen molar-refractivity contribution in [1.29, 1.82) is 0 Å². The summed E-state index contributed by atoms with van der Waals surface area (Å²) in [5.74, 6) is 0.328. The van der Waals surface area contributed by atoms with Crippen molar-refractivity contribution in [3.8, 4) is 5.75 Å². The summed E-state index contributed by atoms with van der Waals surface area (Å²) >= 11 is 0. The summed E-state index contributed by atoms with van der Waals surface area (Å²) in [6, 6.07) is 7.69. The molecular weight excluding hydrogens is 228 g/mol. The third kappa shape index (κ3) is 3.98. The van der Waals surface area contributed by atoms with Crippen molar-refractivity contribution in [2.24, 2.45) is 0 Å². The van der Waals surface area contributed by atoms with Gasteiger partial charge in [0.05, 0.1) is 13.2 Å². The number of phenolic OH excluding ortho intramolecular Hbond substituents is 1. The van der Waals surface area contributed by atoms with Crippen LogP contribution in [0.25, 0.3) is 0 Å². The summed E-state index contributed by atoms with van der Waals surface area (Å²) in [6.45, 7) is 7.88. The predicted molar refractivity (Wildman–Crippen MR) is 71.8 cm³/mol. The predicted octanol–water partition coefficient (Wildman–Crippen LogP) is 1.37. The molecule has 0 bridgehead atoms. The highest BCUT2D eigenvalue weighted by Gasteiger charge is 2.10. The number of nitrogens with one attached hydrogen (secondary N) is 1. The van der Waals surface area contributed by atoms with Gasteiger partial charge in [0.2, 0.25) is 0 Å². The smallest absolute Gasteiger partial charge is 0.115 e. The van der Waals surface area contributed by atoms with Gasteiger partial charge in [0.25, 0.3) is 0 Å². The molecule has 100 valence electrons. The lowest BCUT2D eigenvalue weighted by molar-refractivity contribution is 0.0382. The van der Waals surface area contributed by atoms with Crippen molar-refractivity contribution in [3.63, 3.8) is 0 Å². The molecule has 2 N–H and O–H groups in total. The molecule has 0 saturated carbocycles. The van der Waals surface area contributed by atoms with E-state index < -0.39 is 0 Å². The largest absolute Gasteiger partial charge is 0.508 e. The fourth-order valence-electron chi connectivity index (χ4n) is 2.18. The molecule has 2 rings (SSSR count). The van der Waals surface area contributed by atoms with Crippen LogP contribution >= 0.6 is 0 Å². The highest BCUT2D eigenvalue weighted by atomic mass is 16.5. The molecule has 0 amide bonds. The van der Waals surface area contributed by atoms with Crippen LogP contribution in [-0.2, 0) is 4.74 Å². The normalized spacial score (nSPS) is 18.7. The Morgan fingerprint density at radius 3 is 2.89 bits per heavy atom. The second-order valence-electron chi connectivity index (χ2n) is 4.72. The van der Waals surface area contributed by atoms with Gasteiger partial charge in [-0.1, -0.05) is 12.1 Å². The van der Waals surface area contributed by atoms with E-state index in [1.54, 1.807) is 6.07 Å². The molecule has 0 aliphatic carbocycles. The summed E-state index contributed by atoms with van der Waals surface area (Å²) in [5, 5.41) is 12.9. The molecule has 1 heterocycles. The van der Waals surface area contributed by atoms with Crippen molar-refractivity contribution < 1.29 is 9.84 Å². The average Bonchev–Trinajstić information content (AvgIpc) is 2.40. The molecule has 4 nitrogen and oxygen atoms in total. The maximum atomic E-state index is 9.44. The van der Waals surface area contributed by atoms with E-state index in [4.69, 9.17) is 4.74 Å². The topological polar surface area (TPSA) is 44.7 Å². The Bertz CT molecular complexity index is 365. The molecule has 1 aromatic rings. The molecule has 1 atom stereocenters. The van der Waals surface area contributed by atoms with Crippen LogP contribution in [0, 0.1) is 0 Å². The van der Waals surface area contributed by atoms with Gasteiger partial charge in [-0.25, -0.2) is 0 Å². The van der Waals surface area contributed by atoms with Gasteiger partial charge in [-0.3, -0.25) is 4.90 Å². The second kappa shape index (κ2) is 6.73. The van der Waals surface area contributed by atoms with Crippen LogP contribution in [0.3, 0.4) is 0 Å². The minimum Gasteiger partial charge on any atom is -0.508 e. The summed E-state index contributed by atoms with van der Waals surface area (Å²) < 4.78 is 5.32. The first kappa shape index (κ1) is 13.3. The molecular formula is C14H22N2O2. The number of ether oxygens (including phenoxy) is 1. The number of morpholine rings is 1. The van der Waals surface area contributed by atoms with E-state index in [1.807, 2.05) is 18.2 Å². The quantitative estimate of drug-likeness (QED) is 0.828. The molecule has 1 aliphatic rings. The molecule has 4 heteroatoms. The maximum absolute atomic E-state index is 9.44. The average molecular weight is 250 g/mol. The number of hydrogen-bond acceptors (Lipinski definition) is 4. The third-order valence-corrected chi connectivity index (χ3v) is 3.35. The zero-order chi connectivity index (χ0) is 12.8. The summed E-state index contributed by atoms with van der Waals surface area (Å²) in [7, 11) is 0. The standard InChI is InChI=1S/C14H22N2O2/c1-12(13-3-2-4-14(17)11-13)15-5-6-16-7-9-18-10-8-16/h2-4,11-12,15,17H,5-10H2,1H3. The Labute approximate surface area is 109 Å². The number of rotatable bonds is 5. The van der Waals surface area contributed by atoms with Crippen LogP contribution in [0.4, 0.5) is 0 Å². The first-order valence-corrected chi connectivity index (χ1v) is 6.58. The van der Waals surface area contributed by atoms with Crippen LogP contribution < -0.4 is 5.32 Å². The van der Waals surface area contributed by atoms with Crippen molar-refractivity contribution in [3.05, 3.63) is 29.8 Å². The Morgan fingerprint density at radius 2 is 2.17 bits per heavy atom. The number of benzene rings is 1. The van der Waals surface area contributed by atoms with E-state index >= 15 is 0 Å². The van der Waals surface area contributed by atoms with E-state index in [0.717, 1.165) is 45.0 Å². The Balaban J connectivity index is 1.72. The molecule has 0 aromatic heterocycles. The number of phenols is 1. The molecule has 1 aliphatic heterocycles. The third-order valence-electron chi connectivity index (χ3n) is 3.35. The second-order valence-corrected chi connectivity index (χ2v) is 4.72.